The van der Waals surface area contributed by atoms with Gasteiger partial charge in [-0.15, -0.1) is 0 Å². The zero-order valence-electron chi connectivity index (χ0n) is 11.1. The molecule has 108 valence electrons. The first-order chi connectivity index (χ1) is 8.91. The first-order valence-electron chi connectivity index (χ1n) is 6.73. The molecule has 2 heterocycles. The van der Waals surface area contributed by atoms with Gasteiger partial charge < -0.3 is 10.6 Å². The van der Waals surface area contributed by atoms with Crippen molar-refractivity contribution < 1.29 is 13.2 Å². The van der Waals surface area contributed by atoms with Crippen LogP contribution in [-0.4, -0.2) is 36.4 Å². The maximum absolute atomic E-state index is 12.8. The number of hydrogen-bond donors (Lipinski definition) is 1. The molecule has 2 aliphatic heterocycles. The molecule has 1 atom stereocenters. The highest BCUT2D eigenvalue weighted by Gasteiger charge is 2.38. The first-order valence-corrected chi connectivity index (χ1v) is 6.73. The second-order valence-electron chi connectivity index (χ2n) is 5.38. The van der Waals surface area contributed by atoms with E-state index in [9.17, 15) is 13.2 Å². The lowest BCUT2D eigenvalue weighted by molar-refractivity contribution is -0.0609. The summed E-state index contributed by atoms with van der Waals surface area (Å²) in [5, 5.41) is 0. The Morgan fingerprint density at radius 2 is 2.11 bits per heavy atom. The second-order valence-corrected chi connectivity index (χ2v) is 5.38. The van der Waals surface area contributed by atoms with E-state index in [-0.39, 0.29) is 13.0 Å². The number of alkyl halides is 3. The van der Waals surface area contributed by atoms with Crippen LogP contribution in [0.15, 0.2) is 16.4 Å². The normalized spacial score (nSPS) is 25.6. The molecule has 0 saturated carbocycles. The summed E-state index contributed by atoms with van der Waals surface area (Å²) in [6, 6.07) is 0. The number of rotatable bonds is 2. The lowest BCUT2D eigenvalue weighted by Crippen LogP contribution is -2.37. The maximum Gasteiger partial charge on any atom is 0.429 e. The maximum atomic E-state index is 12.8. The highest BCUT2D eigenvalue weighted by molar-refractivity contribution is 5.91. The van der Waals surface area contributed by atoms with Crippen molar-refractivity contribution in [2.24, 2.45) is 16.6 Å². The van der Waals surface area contributed by atoms with Gasteiger partial charge in [-0.2, -0.15) is 13.2 Å². The molecule has 2 aliphatic rings. The standard InChI is InChI=1S/C13H20F3N3/c1-9-3-2-6-19(8-9)12-10(7-17)4-5-11(18-12)13(14,15)16/h9H,2-8,17H2,1H3. The summed E-state index contributed by atoms with van der Waals surface area (Å²) in [6.45, 7) is 3.95. The fourth-order valence-electron chi connectivity index (χ4n) is 2.72. The number of nitrogens with two attached hydrogens (primary N) is 1. The third-order valence-electron chi connectivity index (χ3n) is 3.75. The van der Waals surface area contributed by atoms with Crippen molar-refractivity contribution in [2.75, 3.05) is 19.6 Å². The van der Waals surface area contributed by atoms with Gasteiger partial charge in [-0.25, -0.2) is 4.99 Å². The molecule has 1 saturated heterocycles. The van der Waals surface area contributed by atoms with Crippen molar-refractivity contribution in [3.8, 4) is 0 Å². The fourth-order valence-corrected chi connectivity index (χ4v) is 2.72. The third kappa shape index (κ3) is 3.29. The van der Waals surface area contributed by atoms with E-state index in [0.29, 0.717) is 18.2 Å². The average Bonchev–Trinajstić information content (AvgIpc) is 2.37. The zero-order chi connectivity index (χ0) is 14.0. The molecular weight excluding hydrogens is 255 g/mol. The number of hydrogen-bond acceptors (Lipinski definition) is 3. The third-order valence-corrected chi connectivity index (χ3v) is 3.75. The summed E-state index contributed by atoms with van der Waals surface area (Å²) in [6.07, 6.45) is -1.89. The van der Waals surface area contributed by atoms with Crippen LogP contribution >= 0.6 is 0 Å². The predicted molar refractivity (Wildman–Crippen MR) is 68.8 cm³/mol. The molecule has 0 amide bonds. The lowest BCUT2D eigenvalue weighted by atomic mass is 9.98. The summed E-state index contributed by atoms with van der Waals surface area (Å²) in [5.41, 5.74) is 5.84. The van der Waals surface area contributed by atoms with E-state index >= 15 is 0 Å². The first kappa shape index (κ1) is 14.4. The van der Waals surface area contributed by atoms with Gasteiger partial charge in [-0.3, -0.25) is 0 Å². The molecule has 19 heavy (non-hydrogen) atoms. The van der Waals surface area contributed by atoms with E-state index in [1.54, 1.807) is 0 Å². The van der Waals surface area contributed by atoms with Gasteiger partial charge in [0.25, 0.3) is 0 Å². The Morgan fingerprint density at radius 3 is 2.68 bits per heavy atom. The van der Waals surface area contributed by atoms with Gasteiger partial charge in [0.1, 0.15) is 11.5 Å². The number of aliphatic imine (C=N–C) groups is 1. The van der Waals surface area contributed by atoms with Gasteiger partial charge in [0.15, 0.2) is 0 Å². The van der Waals surface area contributed by atoms with Crippen LogP contribution in [0.2, 0.25) is 0 Å². The smallest absolute Gasteiger partial charge is 0.356 e. The van der Waals surface area contributed by atoms with E-state index < -0.39 is 11.9 Å². The van der Waals surface area contributed by atoms with Crippen molar-refractivity contribution in [1.82, 2.24) is 4.90 Å². The number of nitrogens with zero attached hydrogens (tertiary/aromatic N) is 2. The summed E-state index contributed by atoms with van der Waals surface area (Å²) in [5.74, 6) is 0.972. The Labute approximate surface area is 111 Å². The molecule has 0 spiro atoms. The molecule has 6 heteroatoms. The van der Waals surface area contributed by atoms with Crippen LogP contribution in [0.25, 0.3) is 0 Å². The average molecular weight is 275 g/mol. The highest BCUT2D eigenvalue weighted by atomic mass is 19.4. The van der Waals surface area contributed by atoms with E-state index in [1.165, 1.54) is 0 Å². The molecule has 0 bridgehead atoms. The zero-order valence-corrected chi connectivity index (χ0v) is 11.1. The topological polar surface area (TPSA) is 41.6 Å². The molecule has 0 aromatic rings. The quantitative estimate of drug-likeness (QED) is 0.842. The monoisotopic (exact) mass is 275 g/mol. The molecule has 0 aliphatic carbocycles. The summed E-state index contributed by atoms with van der Waals surface area (Å²) in [4.78, 5) is 5.85. The van der Waals surface area contributed by atoms with Crippen LogP contribution in [0.5, 0.6) is 0 Å². The lowest BCUT2D eigenvalue weighted by Gasteiger charge is -2.35. The van der Waals surface area contributed by atoms with Crippen molar-refractivity contribution in [1.29, 1.82) is 0 Å². The molecule has 2 rings (SSSR count). The Hall–Kier alpha value is -1.04. The second kappa shape index (κ2) is 5.53. The Morgan fingerprint density at radius 1 is 1.37 bits per heavy atom. The Balaban J connectivity index is 2.27. The van der Waals surface area contributed by atoms with E-state index in [2.05, 4.69) is 11.9 Å². The van der Waals surface area contributed by atoms with E-state index in [1.807, 2.05) is 4.90 Å². The largest absolute Gasteiger partial charge is 0.429 e. The van der Waals surface area contributed by atoms with Gasteiger partial charge in [0.2, 0.25) is 0 Å². The summed E-state index contributed by atoms with van der Waals surface area (Å²) >= 11 is 0. The Bertz CT molecular complexity index is 398. The van der Waals surface area contributed by atoms with E-state index in [4.69, 9.17) is 5.73 Å². The van der Waals surface area contributed by atoms with Gasteiger partial charge in [0.05, 0.1) is 0 Å². The minimum absolute atomic E-state index is 0.0527. The van der Waals surface area contributed by atoms with Crippen molar-refractivity contribution in [3.05, 3.63) is 11.4 Å². The minimum atomic E-state index is -4.33. The molecule has 0 aromatic heterocycles. The van der Waals surface area contributed by atoms with Crippen LogP contribution in [0.4, 0.5) is 13.2 Å². The van der Waals surface area contributed by atoms with Crippen molar-refractivity contribution >= 4 is 5.71 Å². The van der Waals surface area contributed by atoms with Gasteiger partial charge in [-0.05, 0) is 37.2 Å². The molecule has 0 aromatic carbocycles. The number of halogens is 3. The van der Waals surface area contributed by atoms with Gasteiger partial charge >= 0.3 is 6.18 Å². The van der Waals surface area contributed by atoms with Crippen LogP contribution < -0.4 is 5.73 Å². The molecule has 1 unspecified atom stereocenters. The van der Waals surface area contributed by atoms with Crippen molar-refractivity contribution in [3.63, 3.8) is 0 Å². The fraction of sp³-hybridized carbons (Fsp3) is 0.769. The van der Waals surface area contributed by atoms with Gasteiger partial charge in [-0.1, -0.05) is 6.92 Å². The van der Waals surface area contributed by atoms with E-state index in [0.717, 1.165) is 31.5 Å². The van der Waals surface area contributed by atoms with Gasteiger partial charge in [0, 0.05) is 19.6 Å². The molecule has 0 radical (unpaired) electrons. The molecular formula is C13H20F3N3. The Kier molecular flexibility index (Phi) is 4.18. The van der Waals surface area contributed by atoms with Crippen LogP contribution in [-0.2, 0) is 0 Å². The SMILES string of the molecule is CC1CCCN(C2=C(CN)CCC(C(F)(F)F)=N2)C1. The summed E-state index contributed by atoms with van der Waals surface area (Å²) < 4.78 is 38.4. The minimum Gasteiger partial charge on any atom is -0.356 e. The summed E-state index contributed by atoms with van der Waals surface area (Å²) in [7, 11) is 0. The van der Waals surface area contributed by atoms with Crippen LogP contribution in [0.1, 0.15) is 32.6 Å². The number of likely N-dealkylation sites (tertiary alicyclic amines) is 1. The predicted octanol–water partition coefficient (Wildman–Crippen LogP) is 2.69. The highest BCUT2D eigenvalue weighted by Crippen LogP contribution is 2.31. The van der Waals surface area contributed by atoms with Crippen LogP contribution in [0.3, 0.4) is 0 Å². The molecule has 1 fully saturated rings. The molecule has 3 nitrogen and oxygen atoms in total. The number of piperidine rings is 1. The van der Waals surface area contributed by atoms with Crippen LogP contribution in [0, 0.1) is 5.92 Å². The molecule has 2 N–H and O–H groups in total. The van der Waals surface area contributed by atoms with Crippen molar-refractivity contribution in [2.45, 2.75) is 38.8 Å².